The quantitative estimate of drug-likeness (QED) is 0.0626. The Balaban J connectivity index is 2.07. The number of hydrogen-bond acceptors (Lipinski definition) is 7. The van der Waals surface area contributed by atoms with Crippen molar-refractivity contribution in [3.8, 4) is 0 Å². The summed E-state index contributed by atoms with van der Waals surface area (Å²) in [5, 5.41) is 2.96. The summed E-state index contributed by atoms with van der Waals surface area (Å²) in [4.78, 5) is 50.6. The Bertz CT molecular complexity index is 1030. The maximum atomic E-state index is 12.7. The van der Waals surface area contributed by atoms with Crippen molar-refractivity contribution in [2.45, 2.75) is 169 Å². The van der Waals surface area contributed by atoms with E-state index in [1.54, 1.807) is 20.8 Å². The van der Waals surface area contributed by atoms with Crippen LogP contribution in [0.4, 0.5) is 4.79 Å². The van der Waals surface area contributed by atoms with Crippen LogP contribution >= 0.6 is 0 Å². The summed E-state index contributed by atoms with van der Waals surface area (Å²) in [7, 11) is 0. The minimum Gasteiger partial charge on any atom is -0.461 e. The highest BCUT2D eigenvalue weighted by Crippen LogP contribution is 2.15. The molecule has 1 N–H and O–H groups in total. The zero-order chi connectivity index (χ0) is 35.7. The number of rotatable bonds is 25. The maximum absolute atomic E-state index is 12.7. The largest absolute Gasteiger partial charge is 0.461 e. The van der Waals surface area contributed by atoms with Gasteiger partial charge in [-0.05, 0) is 59.9 Å². The fourth-order valence-corrected chi connectivity index (χ4v) is 5.12. The van der Waals surface area contributed by atoms with Gasteiger partial charge in [0.2, 0.25) is 5.91 Å². The van der Waals surface area contributed by atoms with Crippen molar-refractivity contribution in [1.82, 2.24) is 10.2 Å². The molecule has 0 aliphatic heterocycles. The predicted molar refractivity (Wildman–Crippen MR) is 191 cm³/mol. The van der Waals surface area contributed by atoms with E-state index in [0.717, 1.165) is 31.2 Å². The molecule has 9 nitrogen and oxygen atoms in total. The summed E-state index contributed by atoms with van der Waals surface area (Å²) in [6, 6.07) is 9.42. The maximum Gasteiger partial charge on any atom is 0.410 e. The van der Waals surface area contributed by atoms with Crippen LogP contribution in [0.3, 0.4) is 0 Å². The van der Waals surface area contributed by atoms with Gasteiger partial charge >= 0.3 is 18.0 Å². The van der Waals surface area contributed by atoms with Crippen LogP contribution in [0.5, 0.6) is 0 Å². The molecule has 0 aromatic heterocycles. The van der Waals surface area contributed by atoms with Crippen molar-refractivity contribution in [3.63, 3.8) is 0 Å². The van der Waals surface area contributed by atoms with Gasteiger partial charge in [0.25, 0.3) is 0 Å². The van der Waals surface area contributed by atoms with E-state index in [1.807, 2.05) is 51.1 Å². The molecule has 2 amide bonds. The third-order valence-electron chi connectivity index (χ3n) is 7.64. The fraction of sp³-hybridized carbons (Fsp3) is 0.744. The molecule has 0 heterocycles. The lowest BCUT2D eigenvalue weighted by Crippen LogP contribution is -2.40. The van der Waals surface area contributed by atoms with E-state index in [4.69, 9.17) is 14.2 Å². The fourth-order valence-electron chi connectivity index (χ4n) is 5.12. The number of carbonyl (C=O) groups excluding carboxylic acids is 4. The zero-order valence-corrected chi connectivity index (χ0v) is 31.0. The molecular weight excluding hydrogens is 608 g/mol. The van der Waals surface area contributed by atoms with Crippen molar-refractivity contribution in [2.75, 3.05) is 19.6 Å². The number of hydrogen-bond donors (Lipinski definition) is 1. The van der Waals surface area contributed by atoms with Gasteiger partial charge in [-0.25, -0.2) is 4.79 Å². The number of amides is 2. The molecule has 0 aliphatic rings. The van der Waals surface area contributed by atoms with Crippen LogP contribution in [0, 0.1) is 0 Å². The second-order valence-electron chi connectivity index (χ2n) is 14.7. The number of carbonyl (C=O) groups is 4. The average molecular weight is 675 g/mol. The van der Waals surface area contributed by atoms with Crippen molar-refractivity contribution >= 4 is 23.9 Å². The van der Waals surface area contributed by atoms with Gasteiger partial charge in [0, 0.05) is 32.5 Å². The van der Waals surface area contributed by atoms with Crippen molar-refractivity contribution in [3.05, 3.63) is 35.9 Å². The average Bonchev–Trinajstić information content (AvgIpc) is 3.00. The van der Waals surface area contributed by atoms with Gasteiger partial charge in [0.05, 0.1) is 6.42 Å². The molecule has 274 valence electrons. The second-order valence-corrected chi connectivity index (χ2v) is 14.7. The lowest BCUT2D eigenvalue weighted by Gasteiger charge is -2.27. The Hall–Kier alpha value is -3.10. The predicted octanol–water partition coefficient (Wildman–Crippen LogP) is 9.06. The van der Waals surface area contributed by atoms with Crippen LogP contribution in [-0.2, 0) is 35.2 Å². The summed E-state index contributed by atoms with van der Waals surface area (Å²) in [6.45, 7) is 12.2. The van der Waals surface area contributed by atoms with E-state index in [-0.39, 0.29) is 50.0 Å². The standard InChI is InChI=1S/C39H66N2O7/c1-38(2,3)47-36(44)26-22-17-15-13-11-9-7-8-10-12-14-16-18-23-29-40-34(42)27-30-41(37(45)48-39(4,5)6)31-28-35(43)46-32-33-24-20-19-21-25-33/h19-21,24-25H,7-18,22-23,26-32H2,1-6H3,(H,40,42). The van der Waals surface area contributed by atoms with Crippen LogP contribution in [0.2, 0.25) is 0 Å². The van der Waals surface area contributed by atoms with E-state index in [2.05, 4.69) is 5.32 Å². The van der Waals surface area contributed by atoms with E-state index in [1.165, 1.54) is 69.1 Å². The van der Waals surface area contributed by atoms with E-state index >= 15 is 0 Å². The summed E-state index contributed by atoms with van der Waals surface area (Å²) in [5.41, 5.74) is -0.176. The van der Waals surface area contributed by atoms with Gasteiger partial charge in [0.1, 0.15) is 17.8 Å². The Kier molecular flexibility index (Phi) is 22.3. The molecule has 0 spiro atoms. The zero-order valence-electron chi connectivity index (χ0n) is 31.0. The van der Waals surface area contributed by atoms with Crippen molar-refractivity contribution < 1.29 is 33.4 Å². The molecule has 0 aliphatic carbocycles. The molecule has 1 aromatic rings. The molecule has 0 bridgehead atoms. The topological polar surface area (TPSA) is 111 Å². The van der Waals surface area contributed by atoms with Gasteiger partial charge < -0.3 is 24.4 Å². The lowest BCUT2D eigenvalue weighted by molar-refractivity contribution is -0.155. The SMILES string of the molecule is CC(C)(C)OC(=O)CCCCCCCCCCCCCCCCNC(=O)CCN(CCC(=O)OCc1ccccc1)C(=O)OC(C)(C)C. The molecule has 9 heteroatoms. The molecule has 1 rings (SSSR count). The van der Waals surface area contributed by atoms with Gasteiger partial charge in [-0.2, -0.15) is 0 Å². The summed E-state index contributed by atoms with van der Waals surface area (Å²) in [6.07, 6.45) is 16.8. The third-order valence-corrected chi connectivity index (χ3v) is 7.64. The first-order chi connectivity index (χ1) is 22.7. The third kappa shape index (κ3) is 25.9. The monoisotopic (exact) mass is 674 g/mol. The molecule has 0 unspecified atom stereocenters. The summed E-state index contributed by atoms with van der Waals surface area (Å²) >= 11 is 0. The number of ether oxygens (including phenoxy) is 3. The molecule has 0 atom stereocenters. The number of nitrogens with one attached hydrogen (secondary N) is 1. The first-order valence-electron chi connectivity index (χ1n) is 18.4. The Morgan fingerprint density at radius 1 is 0.583 bits per heavy atom. The van der Waals surface area contributed by atoms with Gasteiger partial charge in [-0.1, -0.05) is 107 Å². The van der Waals surface area contributed by atoms with Crippen molar-refractivity contribution in [1.29, 1.82) is 0 Å². The normalized spacial score (nSPS) is 11.5. The molecule has 0 saturated carbocycles. The smallest absolute Gasteiger partial charge is 0.410 e. The number of esters is 2. The van der Waals surface area contributed by atoms with Crippen LogP contribution in [0.15, 0.2) is 30.3 Å². The molecular formula is C39H66N2O7. The first-order valence-corrected chi connectivity index (χ1v) is 18.4. The van der Waals surface area contributed by atoms with Crippen LogP contribution in [-0.4, -0.2) is 59.7 Å². The number of nitrogens with zero attached hydrogens (tertiary/aromatic N) is 1. The Morgan fingerprint density at radius 3 is 1.58 bits per heavy atom. The second kappa shape index (κ2) is 25.0. The summed E-state index contributed by atoms with van der Waals surface area (Å²) < 4.78 is 16.2. The highest BCUT2D eigenvalue weighted by atomic mass is 16.6. The number of unbranched alkanes of at least 4 members (excludes halogenated alkanes) is 13. The van der Waals surface area contributed by atoms with E-state index in [0.29, 0.717) is 13.0 Å². The van der Waals surface area contributed by atoms with E-state index < -0.39 is 17.7 Å². The molecule has 0 saturated heterocycles. The molecule has 1 aromatic carbocycles. The minimum atomic E-state index is -0.682. The lowest BCUT2D eigenvalue weighted by atomic mass is 10.0. The Morgan fingerprint density at radius 2 is 1.06 bits per heavy atom. The van der Waals surface area contributed by atoms with Crippen LogP contribution in [0.1, 0.15) is 156 Å². The van der Waals surface area contributed by atoms with Crippen LogP contribution < -0.4 is 5.32 Å². The first kappa shape index (κ1) is 42.9. The summed E-state index contributed by atoms with van der Waals surface area (Å²) in [5.74, 6) is -0.608. The molecule has 0 radical (unpaired) electrons. The molecule has 0 fully saturated rings. The van der Waals surface area contributed by atoms with Crippen molar-refractivity contribution in [2.24, 2.45) is 0 Å². The van der Waals surface area contributed by atoms with Crippen LogP contribution in [0.25, 0.3) is 0 Å². The minimum absolute atomic E-state index is 0.0214. The highest BCUT2D eigenvalue weighted by Gasteiger charge is 2.23. The highest BCUT2D eigenvalue weighted by molar-refractivity contribution is 5.77. The number of benzene rings is 1. The van der Waals surface area contributed by atoms with Gasteiger partial charge in [-0.3, -0.25) is 14.4 Å². The molecule has 48 heavy (non-hydrogen) atoms. The Labute approximate surface area is 291 Å². The van der Waals surface area contributed by atoms with Gasteiger partial charge in [-0.15, -0.1) is 0 Å². The van der Waals surface area contributed by atoms with Gasteiger partial charge in [0.15, 0.2) is 0 Å². The van der Waals surface area contributed by atoms with E-state index in [9.17, 15) is 19.2 Å².